The minimum atomic E-state index is -3.17. The Morgan fingerprint density at radius 2 is 2.00 bits per heavy atom. The van der Waals surface area contributed by atoms with Crippen LogP contribution in [0.2, 0.25) is 0 Å². The van der Waals surface area contributed by atoms with Gasteiger partial charge in [0, 0.05) is 6.54 Å². The Morgan fingerprint density at radius 1 is 1.29 bits per heavy atom. The molecule has 1 aliphatic rings. The highest BCUT2D eigenvalue weighted by Crippen LogP contribution is 2.30. The highest BCUT2D eigenvalue weighted by atomic mass is 32.2. The zero-order valence-electron chi connectivity index (χ0n) is 9.94. The fourth-order valence-electron chi connectivity index (χ4n) is 1.65. The summed E-state index contributed by atoms with van der Waals surface area (Å²) in [4.78, 5) is 0. The fourth-order valence-corrected chi connectivity index (χ4v) is 3.08. The van der Waals surface area contributed by atoms with Gasteiger partial charge in [0.15, 0.2) is 0 Å². The van der Waals surface area contributed by atoms with Crippen LogP contribution in [0.3, 0.4) is 0 Å². The van der Waals surface area contributed by atoms with Crippen LogP contribution in [0.15, 0.2) is 24.3 Å². The van der Waals surface area contributed by atoms with E-state index in [9.17, 15) is 8.42 Å². The second kappa shape index (κ2) is 5.06. The van der Waals surface area contributed by atoms with Crippen LogP contribution in [-0.4, -0.2) is 20.2 Å². The van der Waals surface area contributed by atoms with Crippen molar-refractivity contribution in [3.63, 3.8) is 0 Å². The number of hydrogen-bond acceptors (Lipinski definition) is 3. The third kappa shape index (κ3) is 3.20. The molecule has 4 nitrogen and oxygen atoms in total. The lowest BCUT2D eigenvalue weighted by atomic mass is 10.2. The van der Waals surface area contributed by atoms with Gasteiger partial charge >= 0.3 is 0 Å². The molecular formula is C12H18N2O2S. The van der Waals surface area contributed by atoms with Gasteiger partial charge in [-0.1, -0.05) is 25.1 Å². The van der Waals surface area contributed by atoms with Crippen molar-refractivity contribution in [2.24, 2.45) is 0 Å². The van der Waals surface area contributed by atoms with Crippen molar-refractivity contribution >= 4 is 15.7 Å². The molecule has 0 amide bonds. The maximum Gasteiger partial charge on any atom is 0.235 e. The predicted molar refractivity (Wildman–Crippen MR) is 69.4 cm³/mol. The van der Waals surface area contributed by atoms with E-state index in [2.05, 4.69) is 10.0 Å². The third-order valence-electron chi connectivity index (χ3n) is 2.80. The molecule has 0 heterocycles. The lowest BCUT2D eigenvalue weighted by molar-refractivity contribution is 0.600. The van der Waals surface area contributed by atoms with Crippen molar-refractivity contribution in [1.82, 2.24) is 5.32 Å². The zero-order chi connectivity index (χ0) is 12.3. The molecule has 0 aliphatic heterocycles. The first-order chi connectivity index (χ1) is 8.13. The van der Waals surface area contributed by atoms with Crippen molar-refractivity contribution in [1.29, 1.82) is 0 Å². The van der Waals surface area contributed by atoms with Crippen LogP contribution >= 0.6 is 0 Å². The number of anilines is 1. The van der Waals surface area contributed by atoms with Gasteiger partial charge < -0.3 is 5.32 Å². The second-order valence-electron chi connectivity index (χ2n) is 4.28. The van der Waals surface area contributed by atoms with Gasteiger partial charge in [-0.2, -0.15) is 0 Å². The molecule has 2 N–H and O–H groups in total. The van der Waals surface area contributed by atoms with Crippen LogP contribution in [-0.2, 0) is 16.6 Å². The molecule has 2 rings (SSSR count). The van der Waals surface area contributed by atoms with Gasteiger partial charge in [-0.3, -0.25) is 4.72 Å². The maximum absolute atomic E-state index is 11.9. The molecular weight excluding hydrogens is 236 g/mol. The van der Waals surface area contributed by atoms with Gasteiger partial charge in [-0.15, -0.1) is 0 Å². The van der Waals surface area contributed by atoms with E-state index < -0.39 is 10.0 Å². The standard InChI is InChI=1S/C12H18N2O2S/c1-2-13-9-10-5-3-4-6-12(10)14-17(15,16)11-7-8-11/h3-6,11,13-14H,2,7-9H2,1H3. The number of benzene rings is 1. The topological polar surface area (TPSA) is 58.2 Å². The van der Waals surface area contributed by atoms with Crippen LogP contribution in [0.5, 0.6) is 0 Å². The number of para-hydroxylation sites is 1. The molecule has 1 aliphatic carbocycles. The minimum absolute atomic E-state index is 0.185. The van der Waals surface area contributed by atoms with Crippen molar-refractivity contribution in [2.75, 3.05) is 11.3 Å². The monoisotopic (exact) mass is 254 g/mol. The molecule has 5 heteroatoms. The van der Waals surface area contributed by atoms with Gasteiger partial charge in [-0.05, 0) is 31.0 Å². The SMILES string of the molecule is CCNCc1ccccc1NS(=O)(=O)C1CC1. The summed E-state index contributed by atoms with van der Waals surface area (Å²) in [5, 5.41) is 3.02. The molecule has 94 valence electrons. The van der Waals surface area contributed by atoms with Gasteiger partial charge in [0.05, 0.1) is 10.9 Å². The van der Waals surface area contributed by atoms with E-state index in [1.807, 2.05) is 31.2 Å². The van der Waals surface area contributed by atoms with Gasteiger partial charge in [0.25, 0.3) is 0 Å². The molecule has 0 saturated heterocycles. The highest BCUT2D eigenvalue weighted by Gasteiger charge is 2.35. The molecule has 1 aromatic carbocycles. The molecule has 1 fully saturated rings. The van der Waals surface area contributed by atoms with Crippen molar-refractivity contribution in [2.45, 2.75) is 31.6 Å². The zero-order valence-corrected chi connectivity index (χ0v) is 10.8. The Kier molecular flexibility index (Phi) is 3.69. The lowest BCUT2D eigenvalue weighted by Gasteiger charge is -2.12. The van der Waals surface area contributed by atoms with Crippen LogP contribution in [0, 0.1) is 0 Å². The number of nitrogens with one attached hydrogen (secondary N) is 2. The molecule has 1 saturated carbocycles. The van der Waals surface area contributed by atoms with Gasteiger partial charge in [-0.25, -0.2) is 8.42 Å². The smallest absolute Gasteiger partial charge is 0.235 e. The van der Waals surface area contributed by atoms with Gasteiger partial charge in [0.1, 0.15) is 0 Å². The maximum atomic E-state index is 11.9. The summed E-state index contributed by atoms with van der Waals surface area (Å²) in [5.41, 5.74) is 1.68. The van der Waals surface area contributed by atoms with Crippen LogP contribution in [0.25, 0.3) is 0 Å². The quantitative estimate of drug-likeness (QED) is 0.812. The van der Waals surface area contributed by atoms with E-state index >= 15 is 0 Å². The summed E-state index contributed by atoms with van der Waals surface area (Å²) in [5.74, 6) is 0. The summed E-state index contributed by atoms with van der Waals surface area (Å²) in [7, 11) is -3.17. The molecule has 0 aromatic heterocycles. The van der Waals surface area contributed by atoms with Crippen LogP contribution in [0.4, 0.5) is 5.69 Å². The first kappa shape index (κ1) is 12.4. The summed E-state index contributed by atoms with van der Waals surface area (Å²) in [6, 6.07) is 7.52. The van der Waals surface area contributed by atoms with Crippen molar-refractivity contribution < 1.29 is 8.42 Å². The van der Waals surface area contributed by atoms with E-state index in [0.29, 0.717) is 12.2 Å². The van der Waals surface area contributed by atoms with Crippen LogP contribution < -0.4 is 10.0 Å². The van der Waals surface area contributed by atoms with E-state index in [0.717, 1.165) is 24.9 Å². The molecule has 1 aromatic rings. The van der Waals surface area contributed by atoms with Crippen molar-refractivity contribution in [3.05, 3.63) is 29.8 Å². The Balaban J connectivity index is 2.14. The van der Waals surface area contributed by atoms with E-state index in [4.69, 9.17) is 0 Å². The molecule has 0 bridgehead atoms. The summed E-state index contributed by atoms with van der Waals surface area (Å²) >= 11 is 0. The second-order valence-corrected chi connectivity index (χ2v) is 6.24. The summed E-state index contributed by atoms with van der Waals surface area (Å²) < 4.78 is 26.4. The Labute approximate surface area is 102 Å². The summed E-state index contributed by atoms with van der Waals surface area (Å²) in [6.07, 6.45) is 1.56. The molecule has 0 unspecified atom stereocenters. The lowest BCUT2D eigenvalue weighted by Crippen LogP contribution is -2.20. The van der Waals surface area contributed by atoms with Crippen molar-refractivity contribution in [3.8, 4) is 0 Å². The largest absolute Gasteiger partial charge is 0.313 e. The average molecular weight is 254 g/mol. The first-order valence-corrected chi connectivity index (χ1v) is 7.48. The molecule has 17 heavy (non-hydrogen) atoms. The Morgan fingerprint density at radius 3 is 2.65 bits per heavy atom. The number of hydrogen-bond donors (Lipinski definition) is 2. The fraction of sp³-hybridized carbons (Fsp3) is 0.500. The van der Waals surface area contributed by atoms with E-state index in [1.165, 1.54) is 0 Å². The van der Waals surface area contributed by atoms with Crippen LogP contribution in [0.1, 0.15) is 25.3 Å². The Bertz CT molecular complexity index is 481. The molecule has 0 radical (unpaired) electrons. The predicted octanol–water partition coefficient (Wildman–Crippen LogP) is 1.70. The number of sulfonamides is 1. The number of rotatable bonds is 6. The minimum Gasteiger partial charge on any atom is -0.313 e. The Hall–Kier alpha value is -1.07. The molecule has 0 atom stereocenters. The third-order valence-corrected chi connectivity index (χ3v) is 4.65. The van der Waals surface area contributed by atoms with Gasteiger partial charge in [0.2, 0.25) is 10.0 Å². The van der Waals surface area contributed by atoms with E-state index in [1.54, 1.807) is 0 Å². The average Bonchev–Trinajstić information content (AvgIpc) is 3.11. The van der Waals surface area contributed by atoms with E-state index in [-0.39, 0.29) is 5.25 Å². The summed E-state index contributed by atoms with van der Waals surface area (Å²) in [6.45, 7) is 3.57. The first-order valence-electron chi connectivity index (χ1n) is 5.93. The normalized spacial score (nSPS) is 15.8. The molecule has 0 spiro atoms. The highest BCUT2D eigenvalue weighted by molar-refractivity contribution is 7.93.